The number of nitrogens with one attached hydrogen (secondary N) is 1. The molecular weight excluding hydrogens is 339 g/mol. The smallest absolute Gasteiger partial charge is 0.416 e. The lowest BCUT2D eigenvalue weighted by Crippen LogP contribution is -2.04. The summed E-state index contributed by atoms with van der Waals surface area (Å²) in [6, 6.07) is 4.85. The molecule has 7 heteroatoms. The first-order valence-electron chi connectivity index (χ1n) is 7.62. The Kier molecular flexibility index (Phi) is 5.74. The Balaban J connectivity index is 2.49. The van der Waals surface area contributed by atoms with E-state index in [1.165, 1.54) is 12.1 Å². The lowest BCUT2D eigenvalue weighted by atomic mass is 10.0. The van der Waals surface area contributed by atoms with Crippen molar-refractivity contribution >= 4 is 17.6 Å². The molecule has 0 spiro atoms. The molecule has 0 aliphatic rings. The van der Waals surface area contributed by atoms with Gasteiger partial charge in [0.05, 0.1) is 16.4 Å². The van der Waals surface area contributed by atoms with Gasteiger partial charge in [0.2, 0.25) is 5.88 Å². The van der Waals surface area contributed by atoms with Crippen molar-refractivity contribution < 1.29 is 22.7 Å². The van der Waals surface area contributed by atoms with E-state index in [1.807, 2.05) is 6.92 Å². The van der Waals surface area contributed by atoms with Gasteiger partial charge in [-0.05, 0) is 36.8 Å². The molecule has 132 valence electrons. The zero-order valence-electron chi connectivity index (χ0n) is 13.7. The van der Waals surface area contributed by atoms with Crippen molar-refractivity contribution in [3.8, 4) is 16.9 Å². The number of anilines is 1. The van der Waals surface area contributed by atoms with Crippen LogP contribution in [-0.4, -0.2) is 17.9 Å². The Hall–Kier alpha value is -1.76. The maximum Gasteiger partial charge on any atom is 0.416 e. The van der Waals surface area contributed by atoms with Crippen LogP contribution in [0.1, 0.15) is 36.8 Å². The zero-order valence-corrected chi connectivity index (χ0v) is 14.5. The van der Waals surface area contributed by atoms with Crippen LogP contribution in [0.5, 0.6) is 5.75 Å². The summed E-state index contributed by atoms with van der Waals surface area (Å²) in [4.78, 5) is 0. The van der Waals surface area contributed by atoms with Crippen LogP contribution < -0.4 is 5.32 Å². The highest BCUT2D eigenvalue weighted by molar-refractivity contribution is 7.99. The molecule has 0 bridgehead atoms. The van der Waals surface area contributed by atoms with Gasteiger partial charge in [0, 0.05) is 7.05 Å². The van der Waals surface area contributed by atoms with Crippen molar-refractivity contribution in [2.45, 2.75) is 31.7 Å². The van der Waals surface area contributed by atoms with E-state index in [9.17, 15) is 18.3 Å². The summed E-state index contributed by atoms with van der Waals surface area (Å²) in [5.41, 5.74) is -0.255. The summed E-state index contributed by atoms with van der Waals surface area (Å²) >= 11 is 1.62. The first-order valence-corrected chi connectivity index (χ1v) is 8.67. The minimum absolute atomic E-state index is 0.100. The summed E-state index contributed by atoms with van der Waals surface area (Å²) in [6.07, 6.45) is -3.46. The fourth-order valence-electron chi connectivity index (χ4n) is 2.38. The number of benzene rings is 1. The van der Waals surface area contributed by atoms with E-state index < -0.39 is 11.7 Å². The molecule has 0 saturated heterocycles. The molecule has 1 heterocycles. The van der Waals surface area contributed by atoms with Crippen LogP contribution in [0.2, 0.25) is 0 Å². The van der Waals surface area contributed by atoms with E-state index in [0.717, 1.165) is 24.3 Å². The van der Waals surface area contributed by atoms with Crippen LogP contribution >= 0.6 is 11.8 Å². The topological polar surface area (TPSA) is 45.4 Å². The van der Waals surface area contributed by atoms with Crippen LogP contribution in [0.15, 0.2) is 28.7 Å². The van der Waals surface area contributed by atoms with Crippen molar-refractivity contribution in [3.63, 3.8) is 0 Å². The Labute approximate surface area is 143 Å². The quantitative estimate of drug-likeness (QED) is 0.672. The molecule has 3 nitrogen and oxygen atoms in total. The highest BCUT2D eigenvalue weighted by Crippen LogP contribution is 2.47. The van der Waals surface area contributed by atoms with Crippen LogP contribution in [0, 0.1) is 0 Å². The first-order chi connectivity index (χ1) is 11.3. The summed E-state index contributed by atoms with van der Waals surface area (Å²) in [6.45, 7) is 3.95. The van der Waals surface area contributed by atoms with E-state index in [-0.39, 0.29) is 28.0 Å². The molecular formula is C17H20F3NO2S. The summed E-state index contributed by atoms with van der Waals surface area (Å²) in [7, 11) is 1.60. The number of thioether (sulfide) groups is 1. The second-order valence-electron chi connectivity index (χ2n) is 5.36. The minimum Gasteiger partial charge on any atom is -0.504 e. The third-order valence-corrected chi connectivity index (χ3v) is 4.91. The Morgan fingerprint density at radius 2 is 2.04 bits per heavy atom. The SMILES string of the molecule is CCCSC(C)c1oc(NC)c(-c2cccc(C(F)(F)F)c2)c1O. The molecule has 2 aromatic rings. The van der Waals surface area contributed by atoms with E-state index in [2.05, 4.69) is 12.2 Å². The standard InChI is InChI=1S/C17H20F3NO2S/c1-4-8-24-10(2)15-14(22)13(16(21-3)23-15)11-6-5-7-12(9-11)17(18,19)20/h5-7,9-10,21-22H,4,8H2,1-3H3. The molecule has 1 aromatic carbocycles. The van der Waals surface area contributed by atoms with Gasteiger partial charge in [0.15, 0.2) is 11.5 Å². The molecule has 1 atom stereocenters. The lowest BCUT2D eigenvalue weighted by molar-refractivity contribution is -0.137. The normalized spacial score (nSPS) is 13.1. The van der Waals surface area contributed by atoms with Gasteiger partial charge in [-0.1, -0.05) is 19.1 Å². The van der Waals surface area contributed by atoms with Crippen LogP contribution in [0.4, 0.5) is 19.1 Å². The molecule has 24 heavy (non-hydrogen) atoms. The van der Waals surface area contributed by atoms with E-state index in [4.69, 9.17) is 4.42 Å². The number of rotatable bonds is 6. The summed E-state index contributed by atoms with van der Waals surface area (Å²) in [5, 5.41) is 13.2. The molecule has 2 rings (SSSR count). The van der Waals surface area contributed by atoms with Gasteiger partial charge < -0.3 is 14.8 Å². The van der Waals surface area contributed by atoms with Crippen molar-refractivity contribution in [3.05, 3.63) is 35.6 Å². The number of furan rings is 1. The minimum atomic E-state index is -4.44. The highest BCUT2D eigenvalue weighted by Gasteiger charge is 2.32. The second kappa shape index (κ2) is 7.42. The second-order valence-corrected chi connectivity index (χ2v) is 6.81. The number of alkyl halides is 3. The van der Waals surface area contributed by atoms with Crippen LogP contribution in [-0.2, 0) is 6.18 Å². The van der Waals surface area contributed by atoms with Gasteiger partial charge >= 0.3 is 6.18 Å². The molecule has 0 saturated carbocycles. The number of halogens is 3. The van der Waals surface area contributed by atoms with Gasteiger partial charge in [-0.15, -0.1) is 0 Å². The number of hydrogen-bond acceptors (Lipinski definition) is 4. The third kappa shape index (κ3) is 3.83. The van der Waals surface area contributed by atoms with Crippen molar-refractivity contribution in [2.75, 3.05) is 18.1 Å². The van der Waals surface area contributed by atoms with Crippen LogP contribution in [0.25, 0.3) is 11.1 Å². The Morgan fingerprint density at radius 1 is 1.33 bits per heavy atom. The number of hydrogen-bond donors (Lipinski definition) is 2. The average molecular weight is 359 g/mol. The van der Waals surface area contributed by atoms with Crippen molar-refractivity contribution in [1.29, 1.82) is 0 Å². The van der Waals surface area contributed by atoms with Gasteiger partial charge in [-0.2, -0.15) is 24.9 Å². The third-order valence-electron chi connectivity index (χ3n) is 3.56. The summed E-state index contributed by atoms with van der Waals surface area (Å²) < 4.78 is 44.5. The molecule has 0 aliphatic carbocycles. The fraction of sp³-hybridized carbons (Fsp3) is 0.412. The lowest BCUT2D eigenvalue weighted by Gasteiger charge is -2.09. The predicted molar refractivity (Wildman–Crippen MR) is 91.5 cm³/mol. The monoisotopic (exact) mass is 359 g/mol. The van der Waals surface area contributed by atoms with E-state index in [1.54, 1.807) is 18.8 Å². The molecule has 1 aromatic heterocycles. The predicted octanol–water partition coefficient (Wildman–Crippen LogP) is 5.92. The van der Waals surface area contributed by atoms with Gasteiger partial charge in [-0.3, -0.25) is 0 Å². The van der Waals surface area contributed by atoms with Gasteiger partial charge in [0.25, 0.3) is 0 Å². The average Bonchev–Trinajstić information content (AvgIpc) is 2.88. The van der Waals surface area contributed by atoms with Crippen LogP contribution in [0.3, 0.4) is 0 Å². The van der Waals surface area contributed by atoms with E-state index in [0.29, 0.717) is 5.76 Å². The fourth-order valence-corrected chi connectivity index (χ4v) is 3.28. The van der Waals surface area contributed by atoms with Gasteiger partial charge in [-0.25, -0.2) is 0 Å². The molecule has 0 radical (unpaired) electrons. The van der Waals surface area contributed by atoms with E-state index >= 15 is 0 Å². The maximum atomic E-state index is 12.9. The summed E-state index contributed by atoms with van der Waals surface area (Å²) in [5.74, 6) is 1.40. The zero-order chi connectivity index (χ0) is 17.9. The molecule has 2 N–H and O–H groups in total. The Bertz CT molecular complexity index is 698. The largest absolute Gasteiger partial charge is 0.504 e. The molecule has 0 fully saturated rings. The van der Waals surface area contributed by atoms with Crippen molar-refractivity contribution in [1.82, 2.24) is 0 Å². The van der Waals surface area contributed by atoms with Crippen molar-refractivity contribution in [2.24, 2.45) is 0 Å². The number of aromatic hydroxyl groups is 1. The molecule has 0 amide bonds. The molecule has 0 aliphatic heterocycles. The maximum absolute atomic E-state index is 12.9. The molecule has 1 unspecified atom stereocenters. The Morgan fingerprint density at radius 3 is 2.62 bits per heavy atom. The van der Waals surface area contributed by atoms with Gasteiger partial charge in [0.1, 0.15) is 0 Å². The highest BCUT2D eigenvalue weighted by atomic mass is 32.2. The first kappa shape index (κ1) is 18.6.